The number of rotatable bonds is 5. The fourth-order valence-corrected chi connectivity index (χ4v) is 2.29. The second-order valence-corrected chi connectivity index (χ2v) is 4.84. The van der Waals surface area contributed by atoms with Crippen LogP contribution in [0.4, 0.5) is 4.39 Å². The van der Waals surface area contributed by atoms with Crippen LogP contribution >= 0.6 is 11.6 Å². The first-order chi connectivity index (χ1) is 9.60. The third-order valence-electron chi connectivity index (χ3n) is 3.10. The van der Waals surface area contributed by atoms with Crippen molar-refractivity contribution in [2.75, 3.05) is 7.11 Å². The molecule has 0 heterocycles. The molecule has 0 aliphatic carbocycles. The molecule has 0 spiro atoms. The van der Waals surface area contributed by atoms with Crippen LogP contribution in [0.3, 0.4) is 0 Å². The van der Waals surface area contributed by atoms with Gasteiger partial charge in [-0.2, -0.15) is 0 Å². The van der Waals surface area contributed by atoms with E-state index in [1.165, 1.54) is 12.1 Å². The van der Waals surface area contributed by atoms with Gasteiger partial charge in [-0.05, 0) is 53.4 Å². The highest BCUT2D eigenvalue weighted by molar-refractivity contribution is 6.64. The summed E-state index contributed by atoms with van der Waals surface area (Å²) in [4.78, 5) is 11.6. The van der Waals surface area contributed by atoms with Gasteiger partial charge in [0, 0.05) is 0 Å². The van der Waals surface area contributed by atoms with Crippen LogP contribution in [0.1, 0.15) is 17.0 Å². The molecule has 0 unspecified atom stereocenters. The Morgan fingerprint density at radius 1 is 1.25 bits per heavy atom. The maximum atomic E-state index is 13.3. The van der Waals surface area contributed by atoms with Crippen LogP contribution in [0.25, 0.3) is 0 Å². The number of hydrogen-bond acceptors (Lipinski definition) is 2. The quantitative estimate of drug-likeness (QED) is 0.781. The third-order valence-corrected chi connectivity index (χ3v) is 3.36. The van der Waals surface area contributed by atoms with E-state index in [9.17, 15) is 9.18 Å². The number of hydrogen-bond donors (Lipinski definition) is 0. The van der Waals surface area contributed by atoms with Crippen LogP contribution in [-0.2, 0) is 11.2 Å². The van der Waals surface area contributed by atoms with E-state index >= 15 is 0 Å². The lowest BCUT2D eigenvalue weighted by molar-refractivity contribution is -0.113. The molecular formula is C16H14ClFO2. The number of halogens is 2. The molecule has 0 saturated heterocycles. The molecule has 0 amide bonds. The van der Waals surface area contributed by atoms with Crippen molar-refractivity contribution in [2.24, 2.45) is 0 Å². The highest BCUT2D eigenvalue weighted by Gasteiger charge is 2.20. The largest absolute Gasteiger partial charge is 0.497 e. The number of ether oxygens (including phenoxy) is 1. The van der Waals surface area contributed by atoms with E-state index in [4.69, 9.17) is 16.3 Å². The average molecular weight is 293 g/mol. The fraction of sp³-hybridized carbons (Fsp3) is 0.188. The van der Waals surface area contributed by atoms with Gasteiger partial charge < -0.3 is 4.74 Å². The summed E-state index contributed by atoms with van der Waals surface area (Å²) in [6.07, 6.45) is 0.406. The molecule has 0 aliphatic rings. The first kappa shape index (κ1) is 14.5. The molecule has 0 aliphatic heterocycles. The van der Waals surface area contributed by atoms with Crippen LogP contribution in [-0.4, -0.2) is 12.4 Å². The van der Waals surface area contributed by atoms with Gasteiger partial charge in [0.1, 0.15) is 11.6 Å². The Labute approximate surface area is 122 Å². The van der Waals surface area contributed by atoms with Gasteiger partial charge in [-0.1, -0.05) is 24.3 Å². The molecule has 2 aromatic carbocycles. The summed E-state index contributed by atoms with van der Waals surface area (Å²) in [5.74, 6) is -0.238. The smallest absolute Gasteiger partial charge is 0.229 e. The van der Waals surface area contributed by atoms with Crippen LogP contribution in [0.2, 0.25) is 0 Å². The Kier molecular flexibility index (Phi) is 4.74. The first-order valence-corrected chi connectivity index (χ1v) is 6.55. The van der Waals surface area contributed by atoms with Crippen LogP contribution in [0.15, 0.2) is 48.5 Å². The maximum absolute atomic E-state index is 13.3. The number of carbonyl (C=O) groups excluding carboxylic acids is 1. The maximum Gasteiger partial charge on any atom is 0.229 e. The summed E-state index contributed by atoms with van der Waals surface area (Å²) in [6, 6.07) is 13.3. The Morgan fingerprint density at radius 3 is 2.65 bits per heavy atom. The molecule has 0 radical (unpaired) electrons. The zero-order valence-electron chi connectivity index (χ0n) is 11.0. The van der Waals surface area contributed by atoms with E-state index in [0.29, 0.717) is 17.7 Å². The molecule has 0 bridgehead atoms. The molecule has 2 nitrogen and oxygen atoms in total. The minimum atomic E-state index is -0.570. The molecule has 4 heteroatoms. The Balaban J connectivity index is 2.28. The van der Waals surface area contributed by atoms with Gasteiger partial charge in [-0.25, -0.2) is 4.39 Å². The van der Waals surface area contributed by atoms with Crippen LogP contribution < -0.4 is 4.74 Å². The second kappa shape index (κ2) is 6.53. The molecule has 0 N–H and O–H groups in total. The highest BCUT2D eigenvalue weighted by Crippen LogP contribution is 2.25. The van der Waals surface area contributed by atoms with Crippen molar-refractivity contribution in [3.05, 3.63) is 65.5 Å². The number of methoxy groups -OCH3 is 1. The van der Waals surface area contributed by atoms with E-state index in [1.54, 1.807) is 19.2 Å². The topological polar surface area (TPSA) is 26.3 Å². The second-order valence-electron chi connectivity index (χ2n) is 4.47. The van der Waals surface area contributed by atoms with E-state index in [-0.39, 0.29) is 5.82 Å². The van der Waals surface area contributed by atoms with Crippen molar-refractivity contribution >= 4 is 16.8 Å². The molecule has 20 heavy (non-hydrogen) atoms. The van der Waals surface area contributed by atoms with E-state index < -0.39 is 11.2 Å². The lowest BCUT2D eigenvalue weighted by Gasteiger charge is -2.14. The summed E-state index contributed by atoms with van der Waals surface area (Å²) in [6.45, 7) is 0. The summed E-state index contributed by atoms with van der Waals surface area (Å²) >= 11 is 5.66. The lowest BCUT2D eigenvalue weighted by Crippen LogP contribution is -2.10. The average Bonchev–Trinajstić information content (AvgIpc) is 2.44. The molecule has 1 atom stereocenters. The van der Waals surface area contributed by atoms with Gasteiger partial charge in [0.15, 0.2) is 0 Å². The Bertz CT molecular complexity index is 613. The monoisotopic (exact) mass is 292 g/mol. The molecule has 2 rings (SSSR count). The fourth-order valence-electron chi connectivity index (χ4n) is 2.09. The minimum absolute atomic E-state index is 0.379. The summed E-state index contributed by atoms with van der Waals surface area (Å²) in [5.41, 5.74) is 1.49. The number of carbonyl (C=O) groups is 1. The summed E-state index contributed by atoms with van der Waals surface area (Å²) in [5, 5.41) is -0.501. The van der Waals surface area contributed by atoms with Crippen molar-refractivity contribution in [3.8, 4) is 5.75 Å². The van der Waals surface area contributed by atoms with Crippen molar-refractivity contribution in [2.45, 2.75) is 12.3 Å². The van der Waals surface area contributed by atoms with Crippen molar-refractivity contribution in [3.63, 3.8) is 0 Å². The van der Waals surface area contributed by atoms with Gasteiger partial charge in [0.25, 0.3) is 0 Å². The molecule has 104 valence electrons. The zero-order chi connectivity index (χ0) is 14.5. The predicted octanol–water partition coefficient (Wildman–Crippen LogP) is 3.93. The zero-order valence-corrected chi connectivity index (χ0v) is 11.7. The standard InChI is InChI=1S/C16H14ClFO2/c1-20-14-7-2-4-11(8-14)9-15(16(17)19)12-5-3-6-13(18)10-12/h2-8,10,15H,9H2,1H3/t15-/m1/s1. The SMILES string of the molecule is COc1cccc(C[C@@H](C(=O)Cl)c2cccc(F)c2)c1. The highest BCUT2D eigenvalue weighted by atomic mass is 35.5. The van der Waals surface area contributed by atoms with Crippen molar-refractivity contribution < 1.29 is 13.9 Å². The first-order valence-electron chi connectivity index (χ1n) is 6.18. The van der Waals surface area contributed by atoms with Gasteiger partial charge in [-0.3, -0.25) is 4.79 Å². The summed E-state index contributed by atoms with van der Waals surface area (Å²) in [7, 11) is 1.58. The van der Waals surface area contributed by atoms with E-state index in [0.717, 1.165) is 5.56 Å². The van der Waals surface area contributed by atoms with Crippen molar-refractivity contribution in [1.82, 2.24) is 0 Å². The molecular weight excluding hydrogens is 279 g/mol. The lowest BCUT2D eigenvalue weighted by atomic mass is 9.93. The molecule has 2 aromatic rings. The van der Waals surface area contributed by atoms with E-state index in [2.05, 4.69) is 0 Å². The molecule has 0 saturated carbocycles. The predicted molar refractivity (Wildman–Crippen MR) is 76.7 cm³/mol. The Hall–Kier alpha value is -1.87. The minimum Gasteiger partial charge on any atom is -0.497 e. The van der Waals surface area contributed by atoms with Crippen molar-refractivity contribution in [1.29, 1.82) is 0 Å². The van der Waals surface area contributed by atoms with Gasteiger partial charge >= 0.3 is 0 Å². The third kappa shape index (κ3) is 3.58. The van der Waals surface area contributed by atoms with Crippen LogP contribution in [0.5, 0.6) is 5.75 Å². The number of benzene rings is 2. The summed E-state index contributed by atoms with van der Waals surface area (Å²) < 4.78 is 18.4. The normalized spacial score (nSPS) is 11.9. The van der Waals surface area contributed by atoms with E-state index in [1.807, 2.05) is 24.3 Å². The van der Waals surface area contributed by atoms with Crippen LogP contribution in [0, 0.1) is 5.82 Å². The van der Waals surface area contributed by atoms with Gasteiger partial charge in [-0.15, -0.1) is 0 Å². The van der Waals surface area contributed by atoms with Gasteiger partial charge in [0.05, 0.1) is 13.0 Å². The van der Waals surface area contributed by atoms with Gasteiger partial charge in [0.2, 0.25) is 5.24 Å². The molecule has 0 aromatic heterocycles. The molecule has 0 fully saturated rings. The Morgan fingerprint density at radius 2 is 2.00 bits per heavy atom.